The first-order chi connectivity index (χ1) is 18.7. The van der Waals surface area contributed by atoms with E-state index in [9.17, 15) is 26.3 Å². The molecular weight excluding hydrogens is 564 g/mol. The van der Waals surface area contributed by atoms with E-state index in [1.165, 1.54) is 12.3 Å². The number of carboxylic acid groups (broad SMARTS) is 1. The second-order valence-corrected chi connectivity index (χ2v) is 9.52. The van der Waals surface area contributed by atoms with E-state index in [0.29, 0.717) is 49.1 Å². The number of aliphatic carboxylic acids is 1. The standard InChI is InChI=1S/C24H25ClF3N5.C2HF3O2/c1-15(2)21-31-20-10-13-33(23-18(24(26,27)28)7-5-11-29-23)12-9-17(20)22(32-21)30-14-16-6-3-4-8-19(16)25;3-2(4,5)1(6)7/h3-8,11,15H,9-10,12-14H2,1-2H3,(H,30,31,32);(H,6,7). The molecule has 1 aliphatic heterocycles. The third-order valence-corrected chi connectivity index (χ3v) is 6.28. The molecule has 0 bridgehead atoms. The lowest BCUT2D eigenvalue weighted by molar-refractivity contribution is -0.192. The number of hydrogen-bond donors (Lipinski definition) is 2. The van der Waals surface area contributed by atoms with Gasteiger partial charge >= 0.3 is 18.3 Å². The number of pyridine rings is 1. The quantitative estimate of drug-likeness (QED) is 0.328. The third kappa shape index (κ3) is 7.96. The SMILES string of the molecule is CC(C)c1nc2c(c(NCc3ccccc3Cl)n1)CCN(c1ncccc1C(F)(F)F)CC2.O=C(O)C(F)(F)F. The molecule has 216 valence electrons. The monoisotopic (exact) mass is 589 g/mol. The van der Waals surface area contributed by atoms with Crippen LogP contribution in [-0.4, -0.2) is 45.3 Å². The predicted molar refractivity (Wildman–Crippen MR) is 137 cm³/mol. The van der Waals surface area contributed by atoms with Crippen molar-refractivity contribution in [2.75, 3.05) is 23.3 Å². The van der Waals surface area contributed by atoms with Crippen molar-refractivity contribution < 1.29 is 36.2 Å². The Bertz CT molecular complexity index is 1330. The molecule has 1 aromatic carbocycles. The van der Waals surface area contributed by atoms with Crippen LogP contribution in [0.15, 0.2) is 42.6 Å². The van der Waals surface area contributed by atoms with Crippen LogP contribution in [0.3, 0.4) is 0 Å². The molecule has 14 heteroatoms. The van der Waals surface area contributed by atoms with Gasteiger partial charge in [-0.05, 0) is 30.2 Å². The molecule has 4 rings (SSSR count). The number of benzene rings is 1. The number of aromatic nitrogens is 3. The van der Waals surface area contributed by atoms with Gasteiger partial charge in [-0.15, -0.1) is 0 Å². The highest BCUT2D eigenvalue weighted by Crippen LogP contribution is 2.36. The van der Waals surface area contributed by atoms with E-state index in [1.54, 1.807) is 4.90 Å². The van der Waals surface area contributed by atoms with Crippen LogP contribution >= 0.6 is 11.6 Å². The molecule has 3 aromatic rings. The normalized spacial score (nSPS) is 13.7. The summed E-state index contributed by atoms with van der Waals surface area (Å²) in [6.45, 7) is 5.31. The average Bonchev–Trinajstić information content (AvgIpc) is 3.10. The highest BCUT2D eigenvalue weighted by Gasteiger charge is 2.38. The van der Waals surface area contributed by atoms with E-state index in [-0.39, 0.29) is 11.7 Å². The lowest BCUT2D eigenvalue weighted by atomic mass is 10.1. The van der Waals surface area contributed by atoms with Gasteiger partial charge in [0.15, 0.2) is 0 Å². The minimum atomic E-state index is -5.08. The van der Waals surface area contributed by atoms with Crippen molar-refractivity contribution in [2.45, 2.75) is 51.5 Å². The molecule has 3 heterocycles. The Balaban J connectivity index is 0.000000559. The molecule has 0 fully saturated rings. The van der Waals surface area contributed by atoms with Crippen molar-refractivity contribution in [1.29, 1.82) is 0 Å². The summed E-state index contributed by atoms with van der Waals surface area (Å²) in [5.41, 5.74) is 2.01. The predicted octanol–water partition coefficient (Wildman–Crippen LogP) is 6.52. The number of carbonyl (C=O) groups is 1. The number of hydrogen-bond acceptors (Lipinski definition) is 6. The maximum Gasteiger partial charge on any atom is 0.490 e. The van der Waals surface area contributed by atoms with Crippen LogP contribution in [-0.2, 0) is 30.4 Å². The number of alkyl halides is 6. The lowest BCUT2D eigenvalue weighted by Crippen LogP contribution is -2.29. The maximum atomic E-state index is 13.6. The first kappa shape index (κ1) is 30.9. The molecule has 2 N–H and O–H groups in total. The number of nitrogens with zero attached hydrogens (tertiary/aromatic N) is 4. The van der Waals surface area contributed by atoms with Gasteiger partial charge < -0.3 is 15.3 Å². The second kappa shape index (κ2) is 12.7. The largest absolute Gasteiger partial charge is 0.490 e. The van der Waals surface area contributed by atoms with Crippen LogP contribution in [0.5, 0.6) is 0 Å². The fraction of sp³-hybridized carbons (Fsp3) is 0.385. The second-order valence-electron chi connectivity index (χ2n) is 9.12. The van der Waals surface area contributed by atoms with Gasteiger partial charge in [0, 0.05) is 48.8 Å². The van der Waals surface area contributed by atoms with Gasteiger partial charge in [0.05, 0.1) is 11.3 Å². The van der Waals surface area contributed by atoms with E-state index in [4.69, 9.17) is 31.5 Å². The molecular formula is C26H26ClF6N5O2. The minimum absolute atomic E-state index is 0.0413. The van der Waals surface area contributed by atoms with E-state index < -0.39 is 23.9 Å². The van der Waals surface area contributed by atoms with Crippen molar-refractivity contribution in [3.05, 3.63) is 75.8 Å². The number of carboxylic acids is 1. The van der Waals surface area contributed by atoms with Crippen molar-refractivity contribution >= 4 is 29.2 Å². The fourth-order valence-electron chi connectivity index (χ4n) is 3.93. The molecule has 0 aliphatic carbocycles. The molecule has 0 amide bonds. The third-order valence-electron chi connectivity index (χ3n) is 5.91. The summed E-state index contributed by atoms with van der Waals surface area (Å²) >= 11 is 6.30. The molecule has 0 spiro atoms. The average molecular weight is 590 g/mol. The molecule has 0 saturated heterocycles. The lowest BCUT2D eigenvalue weighted by Gasteiger charge is -2.24. The van der Waals surface area contributed by atoms with Gasteiger partial charge in [0.2, 0.25) is 0 Å². The molecule has 1 aliphatic rings. The number of nitrogens with one attached hydrogen (secondary N) is 1. The Morgan fingerprint density at radius 2 is 1.70 bits per heavy atom. The van der Waals surface area contributed by atoms with E-state index in [2.05, 4.69) is 10.3 Å². The summed E-state index contributed by atoms with van der Waals surface area (Å²) in [5.74, 6) is -1.27. The summed E-state index contributed by atoms with van der Waals surface area (Å²) in [5, 5.41) is 11.2. The van der Waals surface area contributed by atoms with Crippen LogP contribution < -0.4 is 10.2 Å². The van der Waals surface area contributed by atoms with Gasteiger partial charge in [0.1, 0.15) is 17.5 Å². The number of rotatable bonds is 5. The summed E-state index contributed by atoms with van der Waals surface area (Å²) in [7, 11) is 0. The van der Waals surface area contributed by atoms with Gasteiger partial charge in [0.25, 0.3) is 0 Å². The molecule has 0 unspecified atom stereocenters. The summed E-state index contributed by atoms with van der Waals surface area (Å²) in [4.78, 5) is 24.2. The Morgan fingerprint density at radius 1 is 1.05 bits per heavy atom. The zero-order chi connectivity index (χ0) is 29.7. The Morgan fingerprint density at radius 3 is 2.30 bits per heavy atom. The highest BCUT2D eigenvalue weighted by molar-refractivity contribution is 6.31. The molecule has 0 atom stereocenters. The number of halogens is 7. The zero-order valence-electron chi connectivity index (χ0n) is 21.4. The Kier molecular flexibility index (Phi) is 9.82. The number of anilines is 2. The Labute approximate surface area is 231 Å². The minimum Gasteiger partial charge on any atom is -0.475 e. The van der Waals surface area contributed by atoms with Gasteiger partial charge in [-0.1, -0.05) is 43.6 Å². The van der Waals surface area contributed by atoms with E-state index >= 15 is 0 Å². The highest BCUT2D eigenvalue weighted by atomic mass is 35.5. The molecule has 2 aromatic heterocycles. The summed E-state index contributed by atoms with van der Waals surface area (Å²) in [6.07, 6.45) is -7.14. The van der Waals surface area contributed by atoms with E-state index in [1.807, 2.05) is 38.1 Å². The van der Waals surface area contributed by atoms with Crippen LogP contribution in [0.25, 0.3) is 0 Å². The molecule has 7 nitrogen and oxygen atoms in total. The van der Waals surface area contributed by atoms with Crippen LogP contribution in [0.4, 0.5) is 38.0 Å². The van der Waals surface area contributed by atoms with Crippen LogP contribution in [0, 0.1) is 0 Å². The van der Waals surface area contributed by atoms with Gasteiger partial charge in [-0.2, -0.15) is 26.3 Å². The number of fused-ring (bicyclic) bond motifs is 1. The van der Waals surface area contributed by atoms with Gasteiger partial charge in [-0.25, -0.2) is 19.7 Å². The zero-order valence-corrected chi connectivity index (χ0v) is 22.2. The summed E-state index contributed by atoms with van der Waals surface area (Å²) < 4.78 is 72.4. The van der Waals surface area contributed by atoms with Crippen molar-refractivity contribution in [3.8, 4) is 0 Å². The molecule has 0 saturated carbocycles. The van der Waals surface area contributed by atoms with Crippen molar-refractivity contribution in [2.24, 2.45) is 0 Å². The van der Waals surface area contributed by atoms with Crippen molar-refractivity contribution in [1.82, 2.24) is 15.0 Å². The van der Waals surface area contributed by atoms with Crippen LogP contribution in [0.1, 0.15) is 48.0 Å². The molecule has 0 radical (unpaired) electrons. The van der Waals surface area contributed by atoms with E-state index in [0.717, 1.165) is 22.9 Å². The topological polar surface area (TPSA) is 91.2 Å². The first-order valence-electron chi connectivity index (χ1n) is 12.1. The fourth-order valence-corrected chi connectivity index (χ4v) is 4.13. The first-order valence-corrected chi connectivity index (χ1v) is 12.5. The van der Waals surface area contributed by atoms with Crippen LogP contribution in [0.2, 0.25) is 5.02 Å². The smallest absolute Gasteiger partial charge is 0.475 e. The molecule has 40 heavy (non-hydrogen) atoms. The Hall–Kier alpha value is -3.61. The van der Waals surface area contributed by atoms with Crippen molar-refractivity contribution in [3.63, 3.8) is 0 Å². The maximum absolute atomic E-state index is 13.6. The summed E-state index contributed by atoms with van der Waals surface area (Å²) in [6, 6.07) is 9.97. The van der Waals surface area contributed by atoms with Gasteiger partial charge in [-0.3, -0.25) is 0 Å².